The Hall–Kier alpha value is -1.96. The highest BCUT2D eigenvalue weighted by atomic mass is 16.5. The van der Waals surface area contributed by atoms with E-state index in [1.54, 1.807) is 14.2 Å². The zero-order valence-electron chi connectivity index (χ0n) is 29.7. The molecule has 246 valence electrons. The van der Waals surface area contributed by atoms with Crippen LogP contribution in [0.15, 0.2) is 48.5 Å². The lowest BCUT2D eigenvalue weighted by atomic mass is 9.94. The Labute approximate surface area is 263 Å². The summed E-state index contributed by atoms with van der Waals surface area (Å²) in [5, 5.41) is 9.08. The van der Waals surface area contributed by atoms with Crippen molar-refractivity contribution in [1.82, 2.24) is 0 Å². The molecule has 1 N–H and O–H groups in total. The number of aliphatic hydroxyl groups excluding tert-OH is 1. The summed E-state index contributed by atoms with van der Waals surface area (Å²) < 4.78 is 28.9. The van der Waals surface area contributed by atoms with E-state index in [0.717, 1.165) is 17.7 Å². The number of methoxy groups -OCH3 is 2. The van der Waals surface area contributed by atoms with Crippen molar-refractivity contribution < 1.29 is 28.8 Å². The molecular formula is C37H62O6. The van der Waals surface area contributed by atoms with Gasteiger partial charge in [0.15, 0.2) is 0 Å². The molecule has 0 heterocycles. The topological polar surface area (TPSA) is 66.4 Å². The molecule has 0 bridgehead atoms. The monoisotopic (exact) mass is 602 g/mol. The predicted octanol–water partition coefficient (Wildman–Crippen LogP) is 8.78. The number of hydrogen-bond donors (Lipinski definition) is 1. The zero-order valence-corrected chi connectivity index (χ0v) is 29.7. The quantitative estimate of drug-likeness (QED) is 0.207. The van der Waals surface area contributed by atoms with E-state index < -0.39 is 0 Å². The van der Waals surface area contributed by atoms with Crippen LogP contribution in [0.5, 0.6) is 5.75 Å². The first-order chi connectivity index (χ1) is 19.7. The fourth-order valence-electron chi connectivity index (χ4n) is 4.07. The molecule has 0 atom stereocenters. The van der Waals surface area contributed by atoms with Gasteiger partial charge in [0, 0.05) is 27.2 Å². The molecule has 0 saturated carbocycles. The lowest BCUT2D eigenvalue weighted by Crippen LogP contribution is -2.34. The van der Waals surface area contributed by atoms with Gasteiger partial charge < -0.3 is 28.8 Å². The first-order valence-electron chi connectivity index (χ1n) is 15.6. The normalized spacial score (nSPS) is 13.1. The molecule has 0 aliphatic rings. The Bertz CT molecular complexity index is 1050. The van der Waals surface area contributed by atoms with E-state index in [-0.39, 0.29) is 34.6 Å². The van der Waals surface area contributed by atoms with Gasteiger partial charge in [-0.05, 0) is 110 Å². The number of rotatable bonds is 16. The fourth-order valence-corrected chi connectivity index (χ4v) is 4.07. The predicted molar refractivity (Wildman–Crippen MR) is 178 cm³/mol. The van der Waals surface area contributed by atoms with Crippen LogP contribution in [-0.4, -0.2) is 55.9 Å². The van der Waals surface area contributed by atoms with Crippen LogP contribution in [0, 0.1) is 0 Å². The first-order valence-corrected chi connectivity index (χ1v) is 15.6. The van der Waals surface area contributed by atoms with E-state index in [1.807, 2.05) is 52.0 Å². The molecule has 0 radical (unpaired) electrons. The SMILES string of the molecule is COC(C)(C)CCOC(C)(C)c1ccc(OC(C)(C)CCO)cc1.COC(C)(C)COC(C)(C)c1ccc(C(C)C)cc1. The van der Waals surface area contributed by atoms with E-state index in [2.05, 4.69) is 79.7 Å². The molecule has 0 unspecified atom stereocenters. The van der Waals surface area contributed by atoms with Crippen molar-refractivity contribution in [3.63, 3.8) is 0 Å². The molecular weight excluding hydrogens is 540 g/mol. The molecule has 0 saturated heterocycles. The lowest BCUT2D eigenvalue weighted by molar-refractivity contribution is -0.109. The van der Waals surface area contributed by atoms with Crippen LogP contribution in [0.4, 0.5) is 0 Å². The molecule has 43 heavy (non-hydrogen) atoms. The first kappa shape index (κ1) is 39.1. The Morgan fingerprint density at radius 1 is 0.605 bits per heavy atom. The molecule has 0 amide bonds. The summed E-state index contributed by atoms with van der Waals surface area (Å²) in [6, 6.07) is 16.7. The van der Waals surface area contributed by atoms with Crippen molar-refractivity contribution in [2.75, 3.05) is 34.0 Å². The number of ether oxygens (including phenoxy) is 5. The lowest BCUT2D eigenvalue weighted by Gasteiger charge is -2.31. The van der Waals surface area contributed by atoms with E-state index in [9.17, 15) is 0 Å². The van der Waals surface area contributed by atoms with Crippen LogP contribution in [0.2, 0.25) is 0 Å². The van der Waals surface area contributed by atoms with E-state index in [0.29, 0.717) is 25.6 Å². The van der Waals surface area contributed by atoms with Gasteiger partial charge in [-0.15, -0.1) is 0 Å². The molecule has 2 aromatic carbocycles. The van der Waals surface area contributed by atoms with Gasteiger partial charge in [-0.3, -0.25) is 0 Å². The van der Waals surface area contributed by atoms with Gasteiger partial charge >= 0.3 is 0 Å². The Kier molecular flexibility index (Phi) is 14.9. The largest absolute Gasteiger partial charge is 0.488 e. The third-order valence-electron chi connectivity index (χ3n) is 7.98. The van der Waals surface area contributed by atoms with Gasteiger partial charge in [0.1, 0.15) is 11.4 Å². The van der Waals surface area contributed by atoms with Crippen LogP contribution < -0.4 is 4.74 Å². The zero-order chi connectivity index (χ0) is 33.1. The third-order valence-corrected chi connectivity index (χ3v) is 7.98. The molecule has 0 aromatic heterocycles. The average molecular weight is 603 g/mol. The second-order valence-electron chi connectivity index (χ2n) is 14.5. The van der Waals surface area contributed by atoms with Crippen LogP contribution in [0.3, 0.4) is 0 Å². The van der Waals surface area contributed by atoms with Gasteiger partial charge in [-0.25, -0.2) is 0 Å². The highest BCUT2D eigenvalue weighted by molar-refractivity contribution is 5.31. The summed E-state index contributed by atoms with van der Waals surface area (Å²) >= 11 is 0. The van der Waals surface area contributed by atoms with Crippen molar-refractivity contribution in [3.8, 4) is 5.75 Å². The summed E-state index contributed by atoms with van der Waals surface area (Å²) in [6.07, 6.45) is 1.43. The highest BCUT2D eigenvalue weighted by Gasteiger charge is 2.27. The fraction of sp³-hybridized carbons (Fsp3) is 0.676. The van der Waals surface area contributed by atoms with Crippen molar-refractivity contribution >= 4 is 0 Å². The standard InChI is InChI=1S/C20H34O4.C17H28O2/c1-18(2,22-7)13-15-23-20(5,6)16-8-10-17(11-9-16)24-19(3,4)12-14-21;1-13(2)14-8-10-15(11-9-14)17(5,6)19-12-16(3,4)18-7/h8-11,21H,12-15H2,1-7H3;8-11,13H,12H2,1-7H3. The van der Waals surface area contributed by atoms with Crippen LogP contribution in [-0.2, 0) is 30.1 Å². The molecule has 6 heteroatoms. The second kappa shape index (κ2) is 16.4. The van der Waals surface area contributed by atoms with Crippen molar-refractivity contribution in [2.45, 2.75) is 130 Å². The van der Waals surface area contributed by atoms with E-state index in [4.69, 9.17) is 28.8 Å². The average Bonchev–Trinajstić information content (AvgIpc) is 2.92. The number of aliphatic hydroxyl groups is 1. The number of hydrogen-bond acceptors (Lipinski definition) is 6. The van der Waals surface area contributed by atoms with Gasteiger partial charge in [0.25, 0.3) is 0 Å². The minimum absolute atomic E-state index is 0.115. The van der Waals surface area contributed by atoms with E-state index in [1.165, 1.54) is 11.1 Å². The Balaban J connectivity index is 0.000000442. The minimum Gasteiger partial charge on any atom is -0.488 e. The maximum Gasteiger partial charge on any atom is 0.120 e. The van der Waals surface area contributed by atoms with Crippen LogP contribution >= 0.6 is 0 Å². The van der Waals surface area contributed by atoms with Crippen LogP contribution in [0.1, 0.15) is 119 Å². The van der Waals surface area contributed by atoms with Gasteiger partial charge in [0.05, 0.1) is 35.6 Å². The van der Waals surface area contributed by atoms with E-state index >= 15 is 0 Å². The molecule has 0 aliphatic carbocycles. The Morgan fingerprint density at radius 3 is 1.51 bits per heavy atom. The number of benzene rings is 2. The molecule has 0 spiro atoms. The van der Waals surface area contributed by atoms with Crippen molar-refractivity contribution in [1.29, 1.82) is 0 Å². The third kappa shape index (κ3) is 14.1. The molecule has 2 aromatic rings. The molecule has 0 fully saturated rings. The molecule has 6 nitrogen and oxygen atoms in total. The molecule has 2 rings (SSSR count). The summed E-state index contributed by atoms with van der Waals surface area (Å²) in [5.41, 5.74) is 2.18. The van der Waals surface area contributed by atoms with Gasteiger partial charge in [-0.2, -0.15) is 0 Å². The van der Waals surface area contributed by atoms with Crippen molar-refractivity contribution in [3.05, 3.63) is 65.2 Å². The summed E-state index contributed by atoms with van der Waals surface area (Å²) in [7, 11) is 3.44. The maximum absolute atomic E-state index is 9.08. The maximum atomic E-state index is 9.08. The van der Waals surface area contributed by atoms with Gasteiger partial charge in [0.2, 0.25) is 0 Å². The summed E-state index contributed by atoms with van der Waals surface area (Å²) in [4.78, 5) is 0. The van der Waals surface area contributed by atoms with Crippen LogP contribution in [0.25, 0.3) is 0 Å². The highest BCUT2D eigenvalue weighted by Crippen LogP contribution is 2.30. The second-order valence-corrected chi connectivity index (χ2v) is 14.5. The summed E-state index contributed by atoms with van der Waals surface area (Å²) in [5.74, 6) is 1.36. The molecule has 0 aliphatic heterocycles. The van der Waals surface area contributed by atoms with Gasteiger partial charge in [-0.1, -0.05) is 50.2 Å². The minimum atomic E-state index is -0.381. The smallest absolute Gasteiger partial charge is 0.120 e. The Morgan fingerprint density at radius 2 is 1.07 bits per heavy atom. The van der Waals surface area contributed by atoms with Crippen molar-refractivity contribution in [2.24, 2.45) is 0 Å². The summed E-state index contributed by atoms with van der Waals surface area (Å²) in [6.45, 7) is 26.2.